The first-order valence-corrected chi connectivity index (χ1v) is 9.18. The minimum absolute atomic E-state index is 0.0703. The molecule has 2 rings (SSSR count). The molecule has 0 bridgehead atoms. The van der Waals surface area contributed by atoms with E-state index < -0.39 is 11.7 Å². The SMILES string of the molecule is CCOC(=O)CNc1ccc(C(CC)=NOCc2ccc(C(F)(F)F)cc2)cc1. The molecule has 2 aromatic carbocycles. The van der Waals surface area contributed by atoms with Gasteiger partial charge in [0.2, 0.25) is 0 Å². The van der Waals surface area contributed by atoms with E-state index in [0.29, 0.717) is 24.3 Å². The van der Waals surface area contributed by atoms with Crippen molar-refractivity contribution in [1.29, 1.82) is 0 Å². The van der Waals surface area contributed by atoms with Crippen LogP contribution in [0.4, 0.5) is 18.9 Å². The molecule has 0 aliphatic rings. The number of hydrogen-bond acceptors (Lipinski definition) is 5. The summed E-state index contributed by atoms with van der Waals surface area (Å²) < 4.78 is 42.6. The van der Waals surface area contributed by atoms with Gasteiger partial charge in [0.05, 0.1) is 17.9 Å². The number of anilines is 1. The Morgan fingerprint density at radius 1 is 1.03 bits per heavy atom. The summed E-state index contributed by atoms with van der Waals surface area (Å²) in [6, 6.07) is 12.1. The van der Waals surface area contributed by atoms with E-state index in [0.717, 1.165) is 23.4 Å². The zero-order chi connectivity index (χ0) is 21.3. The van der Waals surface area contributed by atoms with Crippen molar-refractivity contribution >= 4 is 17.4 Å². The maximum atomic E-state index is 12.6. The number of rotatable bonds is 9. The summed E-state index contributed by atoms with van der Waals surface area (Å²) in [7, 11) is 0. The molecule has 0 saturated heterocycles. The summed E-state index contributed by atoms with van der Waals surface area (Å²) in [5.41, 5.74) is 2.21. The predicted octanol–water partition coefficient (Wildman–Crippen LogP) is 5.01. The molecular formula is C21H23F3N2O3. The fourth-order valence-corrected chi connectivity index (χ4v) is 2.46. The fraction of sp³-hybridized carbons (Fsp3) is 0.333. The molecule has 0 saturated carbocycles. The lowest BCUT2D eigenvalue weighted by atomic mass is 10.1. The van der Waals surface area contributed by atoms with Crippen LogP contribution in [0.3, 0.4) is 0 Å². The molecule has 8 heteroatoms. The molecule has 156 valence electrons. The van der Waals surface area contributed by atoms with Crippen LogP contribution in [0.2, 0.25) is 0 Å². The van der Waals surface area contributed by atoms with Crippen molar-refractivity contribution < 1.29 is 27.5 Å². The topological polar surface area (TPSA) is 59.9 Å². The molecule has 0 heterocycles. The van der Waals surface area contributed by atoms with Gasteiger partial charge < -0.3 is 14.9 Å². The average molecular weight is 408 g/mol. The van der Waals surface area contributed by atoms with Crippen molar-refractivity contribution in [2.45, 2.75) is 33.1 Å². The second-order valence-electron chi connectivity index (χ2n) is 6.10. The van der Waals surface area contributed by atoms with E-state index in [1.165, 1.54) is 12.1 Å². The minimum atomic E-state index is -4.36. The van der Waals surface area contributed by atoms with Crippen LogP contribution < -0.4 is 5.32 Å². The van der Waals surface area contributed by atoms with Gasteiger partial charge in [-0.25, -0.2) is 0 Å². The number of esters is 1. The summed E-state index contributed by atoms with van der Waals surface area (Å²) in [5, 5.41) is 7.07. The van der Waals surface area contributed by atoms with Gasteiger partial charge in [-0.05, 0) is 48.7 Å². The van der Waals surface area contributed by atoms with Gasteiger partial charge in [0, 0.05) is 5.69 Å². The Morgan fingerprint density at radius 3 is 2.24 bits per heavy atom. The van der Waals surface area contributed by atoms with Crippen molar-refractivity contribution in [1.82, 2.24) is 0 Å². The third-order valence-electron chi connectivity index (χ3n) is 3.98. The summed E-state index contributed by atoms with van der Waals surface area (Å²) >= 11 is 0. The van der Waals surface area contributed by atoms with E-state index in [9.17, 15) is 18.0 Å². The van der Waals surface area contributed by atoms with Crippen LogP contribution in [0.15, 0.2) is 53.7 Å². The monoisotopic (exact) mass is 408 g/mol. The Labute approximate surface area is 167 Å². The Bertz CT molecular complexity index is 817. The van der Waals surface area contributed by atoms with Gasteiger partial charge in [-0.2, -0.15) is 13.2 Å². The minimum Gasteiger partial charge on any atom is -0.465 e. The Kier molecular flexibility index (Phi) is 8.06. The molecule has 0 spiro atoms. The Hall–Kier alpha value is -3.03. The van der Waals surface area contributed by atoms with Crippen LogP contribution in [0.1, 0.15) is 37.0 Å². The number of ether oxygens (including phenoxy) is 1. The maximum absolute atomic E-state index is 12.6. The molecule has 5 nitrogen and oxygen atoms in total. The third kappa shape index (κ3) is 7.14. The number of hydrogen-bond donors (Lipinski definition) is 1. The zero-order valence-corrected chi connectivity index (χ0v) is 16.3. The van der Waals surface area contributed by atoms with Crippen LogP contribution in [0, 0.1) is 0 Å². The first kappa shape index (κ1) is 22.3. The quantitative estimate of drug-likeness (QED) is 0.360. The van der Waals surface area contributed by atoms with Crippen LogP contribution in [-0.4, -0.2) is 24.8 Å². The first-order chi connectivity index (χ1) is 13.8. The average Bonchev–Trinajstić information content (AvgIpc) is 2.70. The van der Waals surface area contributed by atoms with Gasteiger partial charge >= 0.3 is 12.1 Å². The van der Waals surface area contributed by atoms with Crippen molar-refractivity contribution in [2.24, 2.45) is 5.16 Å². The van der Waals surface area contributed by atoms with E-state index in [-0.39, 0.29) is 19.1 Å². The summed E-state index contributed by atoms with van der Waals surface area (Å²) in [5.74, 6) is -0.330. The largest absolute Gasteiger partial charge is 0.465 e. The Balaban J connectivity index is 1.93. The van der Waals surface area contributed by atoms with Gasteiger partial charge in [-0.3, -0.25) is 4.79 Å². The normalized spacial score (nSPS) is 11.8. The molecule has 0 fully saturated rings. The molecular weight excluding hydrogens is 385 g/mol. The van der Waals surface area contributed by atoms with Gasteiger partial charge in [0.1, 0.15) is 13.2 Å². The number of nitrogens with zero attached hydrogens (tertiary/aromatic N) is 1. The molecule has 0 amide bonds. The summed E-state index contributed by atoms with van der Waals surface area (Å²) in [6.45, 7) is 4.16. The molecule has 2 aromatic rings. The molecule has 0 radical (unpaired) electrons. The lowest BCUT2D eigenvalue weighted by Gasteiger charge is -2.09. The highest BCUT2D eigenvalue weighted by Crippen LogP contribution is 2.29. The van der Waals surface area contributed by atoms with Crippen molar-refractivity contribution in [3.05, 3.63) is 65.2 Å². The molecule has 0 aromatic heterocycles. The highest BCUT2D eigenvalue weighted by molar-refractivity contribution is 6.00. The second kappa shape index (κ2) is 10.5. The smallest absolute Gasteiger partial charge is 0.416 e. The van der Waals surface area contributed by atoms with Crippen molar-refractivity contribution in [3.63, 3.8) is 0 Å². The van der Waals surface area contributed by atoms with Crippen LogP contribution in [-0.2, 0) is 27.2 Å². The van der Waals surface area contributed by atoms with Gasteiger partial charge in [-0.15, -0.1) is 0 Å². The van der Waals surface area contributed by atoms with Gasteiger partial charge in [-0.1, -0.05) is 36.3 Å². The van der Waals surface area contributed by atoms with E-state index in [1.54, 1.807) is 6.92 Å². The van der Waals surface area contributed by atoms with Crippen LogP contribution in [0.25, 0.3) is 0 Å². The second-order valence-corrected chi connectivity index (χ2v) is 6.10. The molecule has 0 aliphatic heterocycles. The molecule has 1 N–H and O–H groups in total. The van der Waals surface area contributed by atoms with Gasteiger partial charge in [0.15, 0.2) is 0 Å². The van der Waals surface area contributed by atoms with Gasteiger partial charge in [0.25, 0.3) is 0 Å². The van der Waals surface area contributed by atoms with Crippen LogP contribution in [0.5, 0.6) is 0 Å². The number of alkyl halides is 3. The number of halogens is 3. The number of nitrogens with one attached hydrogen (secondary N) is 1. The van der Waals surface area contributed by atoms with E-state index in [1.807, 2.05) is 31.2 Å². The molecule has 0 unspecified atom stereocenters. The van der Waals surface area contributed by atoms with E-state index in [2.05, 4.69) is 10.5 Å². The van der Waals surface area contributed by atoms with Crippen molar-refractivity contribution in [2.75, 3.05) is 18.5 Å². The van der Waals surface area contributed by atoms with E-state index >= 15 is 0 Å². The standard InChI is InChI=1S/C21H23F3N2O3/c1-3-19(16-7-11-18(12-8-16)25-13-20(27)28-4-2)26-29-14-15-5-9-17(10-6-15)21(22,23)24/h5-12,25H,3-4,13-14H2,1-2H3. The highest BCUT2D eigenvalue weighted by Gasteiger charge is 2.29. The molecule has 0 aliphatic carbocycles. The first-order valence-electron chi connectivity index (χ1n) is 9.18. The van der Waals surface area contributed by atoms with Crippen molar-refractivity contribution in [3.8, 4) is 0 Å². The summed E-state index contributed by atoms with van der Waals surface area (Å²) in [4.78, 5) is 16.7. The van der Waals surface area contributed by atoms with Crippen LogP contribution >= 0.6 is 0 Å². The summed E-state index contributed by atoms with van der Waals surface area (Å²) in [6.07, 6.45) is -3.74. The number of oxime groups is 1. The fourth-order valence-electron chi connectivity index (χ4n) is 2.46. The highest BCUT2D eigenvalue weighted by atomic mass is 19.4. The Morgan fingerprint density at radius 2 is 1.69 bits per heavy atom. The third-order valence-corrected chi connectivity index (χ3v) is 3.98. The van der Waals surface area contributed by atoms with E-state index in [4.69, 9.17) is 9.57 Å². The molecule has 0 atom stereocenters. The lowest BCUT2D eigenvalue weighted by molar-refractivity contribution is -0.141. The zero-order valence-electron chi connectivity index (χ0n) is 16.3. The lowest BCUT2D eigenvalue weighted by Crippen LogP contribution is -2.16. The number of carbonyl (C=O) groups is 1. The number of benzene rings is 2. The predicted molar refractivity (Wildman–Crippen MR) is 105 cm³/mol. The molecule has 29 heavy (non-hydrogen) atoms. The maximum Gasteiger partial charge on any atom is 0.416 e. The number of carbonyl (C=O) groups excluding carboxylic acids is 1.